The van der Waals surface area contributed by atoms with Crippen LogP contribution in [0.4, 0.5) is 0 Å². The Labute approximate surface area is 150 Å². The summed E-state index contributed by atoms with van der Waals surface area (Å²) in [5, 5.41) is 0. The lowest BCUT2D eigenvalue weighted by Crippen LogP contribution is -2.16. The van der Waals surface area contributed by atoms with Crippen LogP contribution in [0.3, 0.4) is 0 Å². The maximum absolute atomic E-state index is 5.85. The molecule has 0 N–H and O–H groups in total. The van der Waals surface area contributed by atoms with Crippen LogP contribution in [0, 0.1) is 0 Å². The van der Waals surface area contributed by atoms with Gasteiger partial charge in [-0.3, -0.25) is 0 Å². The highest BCUT2D eigenvalue weighted by Gasteiger charge is 1.99. The highest BCUT2D eigenvalue weighted by atomic mass is 16.5. The molecular formula is C22H39NO. The van der Waals surface area contributed by atoms with Crippen LogP contribution in [0.15, 0.2) is 24.3 Å². The summed E-state index contributed by atoms with van der Waals surface area (Å²) in [5.74, 6) is 1.01. The standard InChI is InChI=1S/C22H39NO/c1-4-6-7-8-9-10-11-12-13-14-19-24-22-17-15-21(16-18-22)20-23(3)5-2/h15-18H,4-14,19-20H2,1-3H3. The van der Waals surface area contributed by atoms with Gasteiger partial charge in [-0.2, -0.15) is 0 Å². The second kappa shape index (κ2) is 14.3. The largest absolute Gasteiger partial charge is 0.494 e. The lowest BCUT2D eigenvalue weighted by atomic mass is 10.1. The molecule has 0 aromatic heterocycles. The van der Waals surface area contributed by atoms with Crippen LogP contribution in [0.1, 0.15) is 83.6 Å². The van der Waals surface area contributed by atoms with E-state index in [9.17, 15) is 0 Å². The van der Waals surface area contributed by atoms with Crippen molar-refractivity contribution in [2.24, 2.45) is 0 Å². The van der Waals surface area contributed by atoms with E-state index in [0.717, 1.165) is 25.4 Å². The van der Waals surface area contributed by atoms with Crippen molar-refractivity contribution >= 4 is 0 Å². The molecule has 0 spiro atoms. The number of nitrogens with zero attached hydrogens (tertiary/aromatic N) is 1. The number of unbranched alkanes of at least 4 members (excludes halogenated alkanes) is 9. The first-order chi connectivity index (χ1) is 11.8. The minimum atomic E-state index is 0.852. The van der Waals surface area contributed by atoms with Crippen LogP contribution in [0.2, 0.25) is 0 Å². The van der Waals surface area contributed by atoms with Crippen molar-refractivity contribution in [2.45, 2.75) is 84.6 Å². The van der Waals surface area contributed by atoms with E-state index in [2.05, 4.69) is 50.1 Å². The Morgan fingerprint density at radius 1 is 0.750 bits per heavy atom. The van der Waals surface area contributed by atoms with Crippen molar-refractivity contribution in [3.8, 4) is 5.75 Å². The van der Waals surface area contributed by atoms with E-state index >= 15 is 0 Å². The van der Waals surface area contributed by atoms with Gasteiger partial charge in [0.15, 0.2) is 0 Å². The molecule has 0 aliphatic rings. The minimum absolute atomic E-state index is 0.852. The SMILES string of the molecule is CCCCCCCCCCCCOc1ccc(CN(C)CC)cc1. The molecule has 0 fully saturated rings. The second-order valence-corrected chi connectivity index (χ2v) is 7.00. The van der Waals surface area contributed by atoms with E-state index in [4.69, 9.17) is 4.74 Å². The Bertz CT molecular complexity index is 387. The molecular weight excluding hydrogens is 294 g/mol. The molecule has 0 aliphatic carbocycles. The molecule has 1 aromatic carbocycles. The summed E-state index contributed by atoms with van der Waals surface area (Å²) in [6.07, 6.45) is 13.7. The van der Waals surface area contributed by atoms with Gasteiger partial charge in [-0.15, -0.1) is 0 Å². The monoisotopic (exact) mass is 333 g/mol. The average Bonchev–Trinajstić information content (AvgIpc) is 2.61. The lowest BCUT2D eigenvalue weighted by molar-refractivity contribution is 0.303. The van der Waals surface area contributed by atoms with E-state index in [0.29, 0.717) is 0 Å². The summed E-state index contributed by atoms with van der Waals surface area (Å²) in [4.78, 5) is 2.31. The van der Waals surface area contributed by atoms with Gasteiger partial charge in [0.25, 0.3) is 0 Å². The van der Waals surface area contributed by atoms with Crippen molar-refractivity contribution in [1.82, 2.24) is 4.90 Å². The molecule has 0 unspecified atom stereocenters. The zero-order chi connectivity index (χ0) is 17.5. The van der Waals surface area contributed by atoms with Crippen molar-refractivity contribution in [2.75, 3.05) is 20.2 Å². The number of ether oxygens (including phenoxy) is 1. The van der Waals surface area contributed by atoms with Gasteiger partial charge in [0.05, 0.1) is 6.61 Å². The normalized spacial score (nSPS) is 11.2. The molecule has 2 nitrogen and oxygen atoms in total. The molecule has 0 saturated heterocycles. The quantitative estimate of drug-likeness (QED) is 0.342. The Morgan fingerprint density at radius 3 is 1.83 bits per heavy atom. The Balaban J connectivity index is 1.97. The molecule has 2 heteroatoms. The van der Waals surface area contributed by atoms with Gasteiger partial charge in [0, 0.05) is 6.54 Å². The van der Waals surface area contributed by atoms with Crippen LogP contribution >= 0.6 is 0 Å². The molecule has 138 valence electrons. The first-order valence-corrected chi connectivity index (χ1v) is 10.2. The summed E-state index contributed by atoms with van der Waals surface area (Å²) in [7, 11) is 2.15. The molecule has 0 saturated carbocycles. The summed E-state index contributed by atoms with van der Waals surface area (Å²) < 4.78 is 5.85. The number of benzene rings is 1. The molecule has 0 amide bonds. The van der Waals surface area contributed by atoms with E-state index in [1.165, 1.54) is 69.8 Å². The average molecular weight is 334 g/mol. The van der Waals surface area contributed by atoms with Gasteiger partial charge in [-0.1, -0.05) is 83.8 Å². The number of hydrogen-bond donors (Lipinski definition) is 0. The third-order valence-corrected chi connectivity index (χ3v) is 4.68. The highest BCUT2D eigenvalue weighted by molar-refractivity contribution is 5.27. The molecule has 0 bridgehead atoms. The molecule has 0 aliphatic heterocycles. The molecule has 0 radical (unpaired) electrons. The van der Waals surface area contributed by atoms with Gasteiger partial charge < -0.3 is 9.64 Å². The fraction of sp³-hybridized carbons (Fsp3) is 0.727. The summed E-state index contributed by atoms with van der Waals surface area (Å²) in [6, 6.07) is 8.57. The van der Waals surface area contributed by atoms with Crippen molar-refractivity contribution in [3.05, 3.63) is 29.8 Å². The Hall–Kier alpha value is -1.02. The minimum Gasteiger partial charge on any atom is -0.494 e. The Morgan fingerprint density at radius 2 is 1.29 bits per heavy atom. The van der Waals surface area contributed by atoms with E-state index in [1.54, 1.807) is 0 Å². The van der Waals surface area contributed by atoms with Gasteiger partial charge >= 0.3 is 0 Å². The fourth-order valence-corrected chi connectivity index (χ4v) is 2.89. The smallest absolute Gasteiger partial charge is 0.119 e. The topological polar surface area (TPSA) is 12.5 Å². The predicted molar refractivity (Wildman–Crippen MR) is 106 cm³/mol. The van der Waals surface area contributed by atoms with Crippen LogP contribution in [-0.2, 0) is 6.54 Å². The summed E-state index contributed by atoms with van der Waals surface area (Å²) in [6.45, 7) is 7.41. The third-order valence-electron chi connectivity index (χ3n) is 4.68. The van der Waals surface area contributed by atoms with E-state index in [-0.39, 0.29) is 0 Å². The van der Waals surface area contributed by atoms with E-state index < -0.39 is 0 Å². The van der Waals surface area contributed by atoms with Gasteiger partial charge in [-0.25, -0.2) is 0 Å². The molecule has 0 atom stereocenters. The van der Waals surface area contributed by atoms with E-state index in [1.807, 2.05) is 0 Å². The third kappa shape index (κ3) is 10.7. The highest BCUT2D eigenvalue weighted by Crippen LogP contribution is 2.15. The zero-order valence-corrected chi connectivity index (χ0v) is 16.4. The number of rotatable bonds is 15. The molecule has 1 rings (SSSR count). The van der Waals surface area contributed by atoms with Crippen LogP contribution in [0.5, 0.6) is 5.75 Å². The maximum atomic E-state index is 5.85. The first-order valence-electron chi connectivity index (χ1n) is 10.2. The summed E-state index contributed by atoms with van der Waals surface area (Å²) >= 11 is 0. The number of hydrogen-bond acceptors (Lipinski definition) is 2. The van der Waals surface area contributed by atoms with Crippen molar-refractivity contribution in [1.29, 1.82) is 0 Å². The predicted octanol–water partition coefficient (Wildman–Crippen LogP) is 6.44. The van der Waals surface area contributed by atoms with Crippen molar-refractivity contribution in [3.63, 3.8) is 0 Å². The molecule has 1 aromatic rings. The summed E-state index contributed by atoms with van der Waals surface area (Å²) in [5.41, 5.74) is 1.35. The first kappa shape index (κ1) is 21.0. The van der Waals surface area contributed by atoms with Crippen LogP contribution in [-0.4, -0.2) is 25.1 Å². The van der Waals surface area contributed by atoms with Gasteiger partial charge in [0.1, 0.15) is 5.75 Å². The lowest BCUT2D eigenvalue weighted by Gasteiger charge is -2.14. The zero-order valence-electron chi connectivity index (χ0n) is 16.4. The Kier molecular flexibility index (Phi) is 12.6. The van der Waals surface area contributed by atoms with Gasteiger partial charge in [0.2, 0.25) is 0 Å². The van der Waals surface area contributed by atoms with Crippen LogP contribution < -0.4 is 4.74 Å². The fourth-order valence-electron chi connectivity index (χ4n) is 2.89. The molecule has 0 heterocycles. The second-order valence-electron chi connectivity index (χ2n) is 7.00. The van der Waals surface area contributed by atoms with Crippen molar-refractivity contribution < 1.29 is 4.74 Å². The molecule has 24 heavy (non-hydrogen) atoms. The maximum Gasteiger partial charge on any atom is 0.119 e. The van der Waals surface area contributed by atoms with Crippen LogP contribution in [0.25, 0.3) is 0 Å². The van der Waals surface area contributed by atoms with Gasteiger partial charge in [-0.05, 0) is 37.7 Å².